The maximum Gasteiger partial charge on any atom is 0.193 e. The number of hydrogen-bond donors (Lipinski definition) is 1. The molecule has 0 atom stereocenters. The Balaban J connectivity index is 2.17. The van der Waals surface area contributed by atoms with Gasteiger partial charge >= 0.3 is 0 Å². The Hall–Kier alpha value is -1.07. The highest BCUT2D eigenvalue weighted by molar-refractivity contribution is 7.09. The molecule has 0 aliphatic heterocycles. The molecule has 0 radical (unpaired) electrons. The molecular weight excluding hydrogens is 270 g/mol. The number of methoxy groups -OCH3 is 1. The minimum atomic E-state index is 0.857. The number of nitrogens with zero attached hydrogens (tertiary/aromatic N) is 2. The minimum Gasteiger partial charge on any atom is -0.385 e. The van der Waals surface area contributed by atoms with E-state index in [0.29, 0.717) is 0 Å². The van der Waals surface area contributed by atoms with Crippen LogP contribution in [0.5, 0.6) is 0 Å². The lowest BCUT2D eigenvalue weighted by Gasteiger charge is -2.21. The number of guanidine groups is 1. The predicted molar refractivity (Wildman–Crippen MR) is 87.7 cm³/mol. The molecule has 1 N–H and O–H groups in total. The second-order valence-corrected chi connectivity index (χ2v) is 5.81. The summed E-state index contributed by atoms with van der Waals surface area (Å²) in [4.78, 5) is 7.94. The first kappa shape index (κ1) is 17.0. The van der Waals surface area contributed by atoms with E-state index in [4.69, 9.17) is 4.74 Å². The summed E-state index contributed by atoms with van der Waals surface area (Å²) < 4.78 is 5.04. The number of thiophene rings is 1. The van der Waals surface area contributed by atoms with Crippen LogP contribution in [-0.4, -0.2) is 51.8 Å². The van der Waals surface area contributed by atoms with Crippen LogP contribution in [-0.2, 0) is 11.2 Å². The van der Waals surface area contributed by atoms with E-state index in [0.717, 1.165) is 44.9 Å². The Bertz CT molecular complexity index is 365. The molecule has 0 bridgehead atoms. The molecule has 4 nitrogen and oxygen atoms in total. The maximum atomic E-state index is 5.04. The molecule has 0 saturated heterocycles. The summed E-state index contributed by atoms with van der Waals surface area (Å²) in [5.74, 6) is 0.980. The summed E-state index contributed by atoms with van der Waals surface area (Å²) in [6.07, 6.45) is 4.55. The van der Waals surface area contributed by atoms with Crippen LogP contribution < -0.4 is 5.32 Å². The molecule has 0 fully saturated rings. The zero-order valence-electron chi connectivity index (χ0n) is 12.9. The second kappa shape index (κ2) is 10.7. The van der Waals surface area contributed by atoms with Crippen molar-refractivity contribution in [2.45, 2.75) is 25.7 Å². The highest BCUT2D eigenvalue weighted by atomic mass is 32.1. The summed E-state index contributed by atoms with van der Waals surface area (Å²) in [6, 6.07) is 4.29. The Morgan fingerprint density at radius 2 is 2.25 bits per heavy atom. The molecule has 0 amide bonds. The van der Waals surface area contributed by atoms with Crippen LogP contribution in [0.4, 0.5) is 0 Å². The predicted octanol–water partition coefficient (Wildman–Crippen LogP) is 2.61. The van der Waals surface area contributed by atoms with Crippen molar-refractivity contribution in [3.63, 3.8) is 0 Å². The number of likely N-dealkylation sites (N-methyl/N-ethyl adjacent to an activating group) is 1. The fourth-order valence-corrected chi connectivity index (χ4v) is 2.67. The first-order chi connectivity index (χ1) is 9.77. The SMILES string of the molecule is CN=C(NCCCCCOC)N(C)CCc1cccs1. The first-order valence-electron chi connectivity index (χ1n) is 7.21. The number of rotatable bonds is 9. The Kier molecular flexibility index (Phi) is 9.07. The average Bonchev–Trinajstić information content (AvgIpc) is 2.97. The van der Waals surface area contributed by atoms with Crippen molar-refractivity contribution < 1.29 is 4.74 Å². The van der Waals surface area contributed by atoms with Crippen molar-refractivity contribution in [2.24, 2.45) is 4.99 Å². The molecule has 0 aliphatic rings. The van der Waals surface area contributed by atoms with E-state index in [9.17, 15) is 0 Å². The minimum absolute atomic E-state index is 0.857. The molecule has 0 aliphatic carbocycles. The van der Waals surface area contributed by atoms with Crippen LogP contribution in [0.1, 0.15) is 24.1 Å². The second-order valence-electron chi connectivity index (χ2n) is 4.78. The largest absolute Gasteiger partial charge is 0.385 e. The van der Waals surface area contributed by atoms with Gasteiger partial charge in [-0.25, -0.2) is 0 Å². The van der Waals surface area contributed by atoms with Gasteiger partial charge in [0.15, 0.2) is 5.96 Å². The molecule has 20 heavy (non-hydrogen) atoms. The van der Waals surface area contributed by atoms with Gasteiger partial charge in [0.05, 0.1) is 0 Å². The van der Waals surface area contributed by atoms with Gasteiger partial charge in [-0.05, 0) is 37.1 Å². The molecule has 1 aromatic rings. The highest BCUT2D eigenvalue weighted by Gasteiger charge is 2.05. The van der Waals surface area contributed by atoms with E-state index in [1.54, 1.807) is 7.11 Å². The van der Waals surface area contributed by atoms with Gasteiger partial charge in [-0.15, -0.1) is 11.3 Å². The van der Waals surface area contributed by atoms with Gasteiger partial charge in [-0.1, -0.05) is 6.07 Å². The van der Waals surface area contributed by atoms with Gasteiger partial charge < -0.3 is 15.0 Å². The molecule has 0 spiro atoms. The van der Waals surface area contributed by atoms with Crippen molar-refractivity contribution >= 4 is 17.3 Å². The van der Waals surface area contributed by atoms with Gasteiger partial charge in [0.25, 0.3) is 0 Å². The summed E-state index contributed by atoms with van der Waals surface area (Å²) in [5.41, 5.74) is 0. The van der Waals surface area contributed by atoms with Gasteiger partial charge in [-0.2, -0.15) is 0 Å². The fourth-order valence-electron chi connectivity index (χ4n) is 1.97. The van der Waals surface area contributed by atoms with Crippen LogP contribution in [0, 0.1) is 0 Å². The number of unbranched alkanes of at least 4 members (excludes halogenated alkanes) is 2. The van der Waals surface area contributed by atoms with Crippen LogP contribution in [0.2, 0.25) is 0 Å². The summed E-state index contributed by atoms with van der Waals surface area (Å²) in [5, 5.41) is 5.54. The van der Waals surface area contributed by atoms with E-state index in [2.05, 4.69) is 39.8 Å². The van der Waals surface area contributed by atoms with Crippen LogP contribution in [0.25, 0.3) is 0 Å². The summed E-state index contributed by atoms with van der Waals surface area (Å²) in [6.45, 7) is 2.82. The topological polar surface area (TPSA) is 36.9 Å². The maximum absolute atomic E-state index is 5.04. The quantitative estimate of drug-likeness (QED) is 0.432. The van der Waals surface area contributed by atoms with Crippen LogP contribution in [0.15, 0.2) is 22.5 Å². The van der Waals surface area contributed by atoms with Gasteiger partial charge in [0, 0.05) is 45.8 Å². The van der Waals surface area contributed by atoms with E-state index in [1.165, 1.54) is 11.3 Å². The van der Waals surface area contributed by atoms with E-state index < -0.39 is 0 Å². The molecule has 5 heteroatoms. The molecule has 1 heterocycles. The lowest BCUT2D eigenvalue weighted by atomic mass is 10.2. The lowest BCUT2D eigenvalue weighted by Crippen LogP contribution is -2.40. The molecular formula is C15H27N3OS. The zero-order valence-corrected chi connectivity index (χ0v) is 13.7. The first-order valence-corrected chi connectivity index (χ1v) is 8.09. The highest BCUT2D eigenvalue weighted by Crippen LogP contribution is 2.09. The molecule has 1 rings (SSSR count). The van der Waals surface area contributed by atoms with Crippen molar-refractivity contribution in [3.05, 3.63) is 22.4 Å². The monoisotopic (exact) mass is 297 g/mol. The van der Waals surface area contributed by atoms with Gasteiger partial charge in [-0.3, -0.25) is 4.99 Å². The Morgan fingerprint density at radius 1 is 1.40 bits per heavy atom. The van der Waals surface area contributed by atoms with Crippen molar-refractivity contribution in [2.75, 3.05) is 40.9 Å². The number of nitrogens with one attached hydrogen (secondary N) is 1. The summed E-state index contributed by atoms with van der Waals surface area (Å²) >= 11 is 1.81. The standard InChI is InChI=1S/C15H27N3OS/c1-16-15(17-10-5-4-6-12-19-3)18(2)11-9-14-8-7-13-20-14/h7-8,13H,4-6,9-12H2,1-3H3,(H,16,17). The normalized spacial score (nSPS) is 11.7. The number of hydrogen-bond acceptors (Lipinski definition) is 3. The van der Waals surface area contributed by atoms with Gasteiger partial charge in [0.1, 0.15) is 0 Å². The molecule has 0 aromatic carbocycles. The Morgan fingerprint density at radius 3 is 2.90 bits per heavy atom. The molecule has 0 saturated carbocycles. The number of aliphatic imine (C=N–C) groups is 1. The van der Waals surface area contributed by atoms with Crippen molar-refractivity contribution in [1.82, 2.24) is 10.2 Å². The smallest absolute Gasteiger partial charge is 0.193 e. The van der Waals surface area contributed by atoms with Crippen LogP contribution >= 0.6 is 11.3 Å². The van der Waals surface area contributed by atoms with E-state index in [-0.39, 0.29) is 0 Å². The van der Waals surface area contributed by atoms with Crippen LogP contribution in [0.3, 0.4) is 0 Å². The third-order valence-electron chi connectivity index (χ3n) is 3.16. The van der Waals surface area contributed by atoms with Gasteiger partial charge in [0.2, 0.25) is 0 Å². The van der Waals surface area contributed by atoms with E-state index >= 15 is 0 Å². The fraction of sp³-hybridized carbons (Fsp3) is 0.667. The third-order valence-corrected chi connectivity index (χ3v) is 4.09. The van der Waals surface area contributed by atoms with Crippen molar-refractivity contribution in [1.29, 1.82) is 0 Å². The summed E-state index contributed by atoms with van der Waals surface area (Å²) in [7, 11) is 5.69. The molecule has 114 valence electrons. The third kappa shape index (κ3) is 6.91. The lowest BCUT2D eigenvalue weighted by molar-refractivity contribution is 0.192. The van der Waals surface area contributed by atoms with Crippen molar-refractivity contribution in [3.8, 4) is 0 Å². The Labute approximate surface area is 126 Å². The van der Waals surface area contributed by atoms with E-state index in [1.807, 2.05) is 18.4 Å². The molecule has 0 unspecified atom stereocenters. The average molecular weight is 297 g/mol. The number of ether oxygens (including phenoxy) is 1. The zero-order chi connectivity index (χ0) is 14.6. The molecule has 1 aromatic heterocycles.